The quantitative estimate of drug-likeness (QED) is 0.605. The van der Waals surface area contributed by atoms with E-state index in [1.807, 2.05) is 6.92 Å². The lowest BCUT2D eigenvalue weighted by atomic mass is 10.2. The van der Waals surface area contributed by atoms with Gasteiger partial charge in [-0.2, -0.15) is 0 Å². The summed E-state index contributed by atoms with van der Waals surface area (Å²) in [6, 6.07) is 0. The van der Waals surface area contributed by atoms with Gasteiger partial charge in [0.1, 0.15) is 0 Å². The van der Waals surface area contributed by atoms with Crippen LogP contribution in [-0.2, 0) is 0 Å². The van der Waals surface area contributed by atoms with Gasteiger partial charge >= 0.3 is 0 Å². The summed E-state index contributed by atoms with van der Waals surface area (Å²) in [5.41, 5.74) is 0. The average molecular weight is 215 g/mol. The molecule has 15 heavy (non-hydrogen) atoms. The van der Waals surface area contributed by atoms with Crippen LogP contribution in [0.25, 0.3) is 0 Å². The first-order valence-electron chi connectivity index (χ1n) is 6.61. The highest BCUT2D eigenvalue weighted by Gasteiger charge is 2.04. The van der Waals surface area contributed by atoms with Crippen molar-refractivity contribution >= 4 is 0 Å². The molecular weight excluding hydrogens is 186 g/mol. The summed E-state index contributed by atoms with van der Waals surface area (Å²) in [5.74, 6) is 0. The van der Waals surface area contributed by atoms with Crippen LogP contribution in [0.15, 0.2) is 0 Å². The van der Waals surface area contributed by atoms with Crippen LogP contribution in [0, 0.1) is 0 Å². The molecule has 0 saturated heterocycles. The van der Waals surface area contributed by atoms with Crippen molar-refractivity contribution in [3.05, 3.63) is 0 Å². The summed E-state index contributed by atoms with van der Waals surface area (Å²) in [6.07, 6.45) is 7.10. The fourth-order valence-electron chi connectivity index (χ4n) is 1.71. The van der Waals surface area contributed by atoms with E-state index >= 15 is 0 Å². The van der Waals surface area contributed by atoms with E-state index in [4.69, 9.17) is 0 Å². The number of aliphatic hydroxyl groups excluding tert-OH is 1. The van der Waals surface area contributed by atoms with Gasteiger partial charge in [0.15, 0.2) is 0 Å². The van der Waals surface area contributed by atoms with Crippen molar-refractivity contribution in [3.8, 4) is 0 Å². The Balaban J connectivity index is 3.58. The van der Waals surface area contributed by atoms with Crippen molar-refractivity contribution in [2.75, 3.05) is 19.6 Å². The number of hydrogen-bond donors (Lipinski definition) is 1. The van der Waals surface area contributed by atoms with Gasteiger partial charge in [-0.1, -0.05) is 26.7 Å². The molecule has 0 aliphatic carbocycles. The maximum atomic E-state index is 9.20. The van der Waals surface area contributed by atoms with Gasteiger partial charge in [0.05, 0.1) is 6.10 Å². The lowest BCUT2D eigenvalue weighted by Gasteiger charge is -2.22. The third kappa shape index (κ3) is 10.2. The molecule has 1 unspecified atom stereocenters. The molecule has 0 aromatic rings. The predicted molar refractivity (Wildman–Crippen MR) is 67.2 cm³/mol. The molecule has 2 nitrogen and oxygen atoms in total. The minimum atomic E-state index is -0.135. The maximum absolute atomic E-state index is 9.20. The summed E-state index contributed by atoms with van der Waals surface area (Å²) in [6.45, 7) is 9.99. The Hall–Kier alpha value is -0.0800. The Labute approximate surface area is 95.7 Å². The van der Waals surface area contributed by atoms with Gasteiger partial charge in [0.25, 0.3) is 0 Å². The monoisotopic (exact) mass is 215 g/mol. The highest BCUT2D eigenvalue weighted by molar-refractivity contribution is 4.59. The molecule has 0 aromatic heterocycles. The average Bonchev–Trinajstić information content (AvgIpc) is 2.20. The van der Waals surface area contributed by atoms with Crippen LogP contribution in [0.3, 0.4) is 0 Å². The van der Waals surface area contributed by atoms with Crippen molar-refractivity contribution in [1.29, 1.82) is 0 Å². The van der Waals surface area contributed by atoms with Crippen molar-refractivity contribution in [1.82, 2.24) is 4.90 Å². The Kier molecular flexibility index (Phi) is 10.4. The third-order valence-corrected chi connectivity index (χ3v) is 2.75. The van der Waals surface area contributed by atoms with Gasteiger partial charge in [0, 0.05) is 0 Å². The molecule has 0 aliphatic rings. The molecule has 0 fully saturated rings. The van der Waals surface area contributed by atoms with E-state index in [1.165, 1.54) is 38.8 Å². The van der Waals surface area contributed by atoms with Crippen LogP contribution in [0.1, 0.15) is 59.3 Å². The standard InChI is InChI=1S/C13H29NO/c1-4-6-10-14(11-7-5-2)12-8-9-13(3)15/h13,15H,4-12H2,1-3H3. The molecule has 1 atom stereocenters. The van der Waals surface area contributed by atoms with Crippen molar-refractivity contribution in [3.63, 3.8) is 0 Å². The first-order valence-corrected chi connectivity index (χ1v) is 6.61. The molecule has 0 bridgehead atoms. The molecule has 0 aromatic carbocycles. The highest BCUT2D eigenvalue weighted by Crippen LogP contribution is 2.03. The maximum Gasteiger partial charge on any atom is 0.0512 e. The van der Waals surface area contributed by atoms with E-state index in [0.717, 1.165) is 19.4 Å². The molecule has 0 heterocycles. The lowest BCUT2D eigenvalue weighted by molar-refractivity contribution is 0.169. The summed E-state index contributed by atoms with van der Waals surface area (Å²) in [5, 5.41) is 9.20. The number of nitrogens with zero attached hydrogens (tertiary/aromatic N) is 1. The first kappa shape index (κ1) is 14.9. The van der Waals surface area contributed by atoms with E-state index in [0.29, 0.717) is 0 Å². The van der Waals surface area contributed by atoms with Gasteiger partial charge in [-0.15, -0.1) is 0 Å². The second-order valence-electron chi connectivity index (χ2n) is 4.54. The summed E-state index contributed by atoms with van der Waals surface area (Å²) >= 11 is 0. The number of rotatable bonds is 10. The Morgan fingerprint density at radius 2 is 1.40 bits per heavy atom. The van der Waals surface area contributed by atoms with Crippen molar-refractivity contribution in [2.45, 2.75) is 65.4 Å². The van der Waals surface area contributed by atoms with Gasteiger partial charge in [0.2, 0.25) is 0 Å². The molecule has 0 spiro atoms. The summed E-state index contributed by atoms with van der Waals surface area (Å²) in [4.78, 5) is 2.55. The van der Waals surface area contributed by atoms with Gasteiger partial charge in [-0.3, -0.25) is 0 Å². The molecule has 92 valence electrons. The Bertz CT molecular complexity index is 118. The normalized spacial score (nSPS) is 13.4. The number of unbranched alkanes of at least 4 members (excludes halogenated alkanes) is 2. The van der Waals surface area contributed by atoms with Crippen molar-refractivity contribution in [2.24, 2.45) is 0 Å². The van der Waals surface area contributed by atoms with Gasteiger partial charge < -0.3 is 10.0 Å². The zero-order chi connectivity index (χ0) is 11.5. The van der Waals surface area contributed by atoms with Crippen LogP contribution in [0.4, 0.5) is 0 Å². The van der Waals surface area contributed by atoms with Crippen LogP contribution < -0.4 is 0 Å². The molecular formula is C13H29NO. The van der Waals surface area contributed by atoms with Gasteiger partial charge in [-0.05, 0) is 52.2 Å². The zero-order valence-electron chi connectivity index (χ0n) is 10.8. The Morgan fingerprint density at radius 1 is 0.933 bits per heavy atom. The second kappa shape index (κ2) is 10.4. The second-order valence-corrected chi connectivity index (χ2v) is 4.54. The molecule has 1 N–H and O–H groups in total. The largest absolute Gasteiger partial charge is 0.393 e. The molecule has 0 rings (SSSR count). The van der Waals surface area contributed by atoms with Crippen LogP contribution in [-0.4, -0.2) is 35.7 Å². The number of aliphatic hydroxyl groups is 1. The van der Waals surface area contributed by atoms with Crippen LogP contribution in [0.2, 0.25) is 0 Å². The molecule has 0 saturated carbocycles. The van der Waals surface area contributed by atoms with E-state index in [2.05, 4.69) is 18.7 Å². The smallest absolute Gasteiger partial charge is 0.0512 e. The summed E-state index contributed by atoms with van der Waals surface area (Å²) in [7, 11) is 0. The molecule has 0 radical (unpaired) electrons. The van der Waals surface area contributed by atoms with Crippen LogP contribution in [0.5, 0.6) is 0 Å². The SMILES string of the molecule is CCCCN(CCCC)CCCC(C)O. The zero-order valence-corrected chi connectivity index (χ0v) is 10.8. The van der Waals surface area contributed by atoms with E-state index in [1.54, 1.807) is 0 Å². The summed E-state index contributed by atoms with van der Waals surface area (Å²) < 4.78 is 0. The minimum absolute atomic E-state index is 0.135. The molecule has 0 aliphatic heterocycles. The molecule has 0 amide bonds. The van der Waals surface area contributed by atoms with E-state index in [-0.39, 0.29) is 6.10 Å². The third-order valence-electron chi connectivity index (χ3n) is 2.75. The van der Waals surface area contributed by atoms with Crippen LogP contribution >= 0.6 is 0 Å². The fraction of sp³-hybridized carbons (Fsp3) is 1.00. The minimum Gasteiger partial charge on any atom is -0.393 e. The number of hydrogen-bond acceptors (Lipinski definition) is 2. The lowest BCUT2D eigenvalue weighted by Crippen LogP contribution is -2.27. The Morgan fingerprint density at radius 3 is 1.80 bits per heavy atom. The topological polar surface area (TPSA) is 23.5 Å². The highest BCUT2D eigenvalue weighted by atomic mass is 16.3. The van der Waals surface area contributed by atoms with E-state index < -0.39 is 0 Å². The van der Waals surface area contributed by atoms with Gasteiger partial charge in [-0.25, -0.2) is 0 Å². The van der Waals surface area contributed by atoms with Crippen molar-refractivity contribution < 1.29 is 5.11 Å². The van der Waals surface area contributed by atoms with E-state index in [9.17, 15) is 5.11 Å². The predicted octanol–water partition coefficient (Wildman–Crippen LogP) is 3.05. The molecule has 2 heteroatoms. The first-order chi connectivity index (χ1) is 7.20. The fourth-order valence-corrected chi connectivity index (χ4v) is 1.71.